The zero-order chi connectivity index (χ0) is 18.8. The van der Waals surface area contributed by atoms with Crippen LogP contribution in [0.3, 0.4) is 0 Å². The van der Waals surface area contributed by atoms with Crippen LogP contribution in [0.1, 0.15) is 18.3 Å². The lowest BCUT2D eigenvalue weighted by atomic mass is 10.1. The van der Waals surface area contributed by atoms with Gasteiger partial charge in [-0.3, -0.25) is 14.3 Å². The fraction of sp³-hybridized carbons (Fsp3) is 0.368. The van der Waals surface area contributed by atoms with Crippen molar-refractivity contribution >= 4 is 29.2 Å². The van der Waals surface area contributed by atoms with E-state index in [-0.39, 0.29) is 29.8 Å². The van der Waals surface area contributed by atoms with Crippen molar-refractivity contribution < 1.29 is 4.79 Å². The normalized spacial score (nSPS) is 16.8. The molecule has 1 aliphatic heterocycles. The average molecular weight is 403 g/mol. The van der Waals surface area contributed by atoms with Gasteiger partial charge in [0.1, 0.15) is 11.9 Å². The summed E-state index contributed by atoms with van der Waals surface area (Å²) in [5.41, 5.74) is 0.642. The Morgan fingerprint density at radius 2 is 2.14 bits per heavy atom. The molecule has 3 heterocycles. The van der Waals surface area contributed by atoms with E-state index >= 15 is 0 Å². The highest BCUT2D eigenvalue weighted by Crippen LogP contribution is 2.21. The van der Waals surface area contributed by atoms with E-state index in [1.807, 2.05) is 40.9 Å². The maximum absolute atomic E-state index is 12.9. The number of imidazole rings is 1. The third-order valence-corrected chi connectivity index (χ3v) is 5.02. The highest BCUT2D eigenvalue weighted by Gasteiger charge is 2.30. The molecule has 1 atom stereocenters. The number of nitrogens with one attached hydrogen (secondary N) is 1. The Bertz CT molecular complexity index is 1030. The van der Waals surface area contributed by atoms with Crippen molar-refractivity contribution in [2.24, 2.45) is 7.05 Å². The van der Waals surface area contributed by atoms with E-state index < -0.39 is 0 Å². The van der Waals surface area contributed by atoms with Gasteiger partial charge < -0.3 is 14.8 Å². The largest absolute Gasteiger partial charge is 0.336 e. The number of fused-ring (bicyclic) bond motifs is 1. The highest BCUT2D eigenvalue weighted by atomic mass is 35.5. The zero-order valence-corrected chi connectivity index (χ0v) is 16.4. The second-order valence-corrected chi connectivity index (χ2v) is 6.70. The molecule has 0 spiro atoms. The number of carbonyl (C=O) groups excluding carboxylic acids is 1. The number of para-hydroxylation sites is 1. The summed E-state index contributed by atoms with van der Waals surface area (Å²) in [6, 6.07) is 7.26. The fourth-order valence-corrected chi connectivity index (χ4v) is 3.62. The van der Waals surface area contributed by atoms with Gasteiger partial charge in [-0.25, -0.2) is 4.98 Å². The first-order valence-electron chi connectivity index (χ1n) is 9.07. The molecule has 1 aliphatic rings. The minimum Gasteiger partial charge on any atom is -0.336 e. The Morgan fingerprint density at radius 1 is 1.32 bits per heavy atom. The predicted molar refractivity (Wildman–Crippen MR) is 108 cm³/mol. The molecule has 1 amide bonds. The lowest BCUT2D eigenvalue weighted by Gasteiger charge is -2.35. The Kier molecular flexibility index (Phi) is 6.11. The first-order valence-corrected chi connectivity index (χ1v) is 9.07. The summed E-state index contributed by atoms with van der Waals surface area (Å²) < 4.78 is 3.68. The van der Waals surface area contributed by atoms with Gasteiger partial charge in [-0.2, -0.15) is 5.10 Å². The predicted octanol–water partition coefficient (Wildman–Crippen LogP) is 1.11. The lowest BCUT2D eigenvalue weighted by molar-refractivity contribution is -0.135. The molecule has 1 fully saturated rings. The van der Waals surface area contributed by atoms with Crippen molar-refractivity contribution in [1.82, 2.24) is 29.5 Å². The van der Waals surface area contributed by atoms with Gasteiger partial charge in [-0.15, -0.1) is 12.4 Å². The average Bonchev–Trinajstić information content (AvgIpc) is 3.13. The van der Waals surface area contributed by atoms with Crippen LogP contribution in [-0.4, -0.2) is 49.8 Å². The zero-order valence-electron chi connectivity index (χ0n) is 15.6. The molecule has 148 valence electrons. The molecule has 28 heavy (non-hydrogen) atoms. The summed E-state index contributed by atoms with van der Waals surface area (Å²) >= 11 is 0. The van der Waals surface area contributed by atoms with Gasteiger partial charge in [0.05, 0.1) is 18.3 Å². The van der Waals surface area contributed by atoms with Gasteiger partial charge >= 0.3 is 0 Å². The van der Waals surface area contributed by atoms with Crippen LogP contribution in [0.25, 0.3) is 10.9 Å². The second-order valence-electron chi connectivity index (χ2n) is 6.70. The Labute approximate surface area is 168 Å². The Balaban J connectivity index is 0.00000225. The van der Waals surface area contributed by atoms with Gasteiger partial charge in [0.15, 0.2) is 0 Å². The number of rotatable bonds is 4. The molecule has 0 radical (unpaired) electrons. The number of halogens is 1. The molecule has 0 bridgehead atoms. The van der Waals surface area contributed by atoms with Gasteiger partial charge in [0.2, 0.25) is 11.3 Å². The molecule has 1 aromatic carbocycles. The van der Waals surface area contributed by atoms with Crippen molar-refractivity contribution in [1.29, 1.82) is 0 Å². The third kappa shape index (κ3) is 3.79. The van der Waals surface area contributed by atoms with Crippen LogP contribution in [0.5, 0.6) is 0 Å². The molecule has 0 saturated carbocycles. The Morgan fingerprint density at radius 3 is 2.93 bits per heavy atom. The molecule has 4 rings (SSSR count). The fourth-order valence-electron chi connectivity index (χ4n) is 3.62. The molecule has 3 aromatic rings. The summed E-state index contributed by atoms with van der Waals surface area (Å²) in [6.45, 7) is 2.53. The van der Waals surface area contributed by atoms with Crippen LogP contribution in [0.4, 0.5) is 0 Å². The smallest absolute Gasteiger partial charge is 0.225 e. The Hall–Kier alpha value is -2.71. The van der Waals surface area contributed by atoms with Gasteiger partial charge in [0.25, 0.3) is 0 Å². The van der Waals surface area contributed by atoms with Crippen LogP contribution in [0.15, 0.2) is 47.7 Å². The SMILES string of the molecule is Cl.Cn1ccnc1C1CNCCN1C(=O)CCn1ncc(=O)c2ccccc21. The van der Waals surface area contributed by atoms with Crippen LogP contribution < -0.4 is 10.7 Å². The quantitative estimate of drug-likeness (QED) is 0.706. The summed E-state index contributed by atoms with van der Waals surface area (Å²) in [4.78, 5) is 31.2. The first-order chi connectivity index (χ1) is 13.1. The molecule has 2 aromatic heterocycles. The van der Waals surface area contributed by atoms with Crippen LogP contribution in [0, 0.1) is 0 Å². The maximum Gasteiger partial charge on any atom is 0.225 e. The summed E-state index contributed by atoms with van der Waals surface area (Å²) in [6.07, 6.45) is 5.28. The van der Waals surface area contributed by atoms with Crippen molar-refractivity contribution in [2.75, 3.05) is 19.6 Å². The van der Waals surface area contributed by atoms with E-state index in [0.29, 0.717) is 31.4 Å². The van der Waals surface area contributed by atoms with Crippen molar-refractivity contribution in [3.8, 4) is 0 Å². The number of carbonyl (C=O) groups is 1. The molecule has 0 aliphatic carbocycles. The van der Waals surface area contributed by atoms with Crippen molar-refractivity contribution in [3.05, 3.63) is 58.9 Å². The van der Waals surface area contributed by atoms with Gasteiger partial charge in [-0.1, -0.05) is 12.1 Å². The van der Waals surface area contributed by atoms with Crippen LogP contribution >= 0.6 is 12.4 Å². The molecule has 9 heteroatoms. The minimum absolute atomic E-state index is 0. The number of nitrogens with zero attached hydrogens (tertiary/aromatic N) is 5. The second kappa shape index (κ2) is 8.53. The monoisotopic (exact) mass is 402 g/mol. The van der Waals surface area contributed by atoms with E-state index in [0.717, 1.165) is 17.9 Å². The lowest BCUT2D eigenvalue weighted by Crippen LogP contribution is -2.49. The summed E-state index contributed by atoms with van der Waals surface area (Å²) in [5, 5.41) is 8.17. The van der Waals surface area contributed by atoms with Gasteiger partial charge in [-0.05, 0) is 12.1 Å². The van der Waals surface area contributed by atoms with E-state index in [9.17, 15) is 9.59 Å². The van der Waals surface area contributed by atoms with E-state index in [2.05, 4.69) is 15.4 Å². The summed E-state index contributed by atoms with van der Waals surface area (Å²) in [5.74, 6) is 0.941. The number of piperazine rings is 1. The third-order valence-electron chi connectivity index (χ3n) is 5.02. The molecular weight excluding hydrogens is 380 g/mol. The topological polar surface area (TPSA) is 85.1 Å². The first kappa shape index (κ1) is 20.0. The number of aryl methyl sites for hydroxylation is 2. The minimum atomic E-state index is -0.106. The van der Waals surface area contributed by atoms with Crippen LogP contribution in [0.2, 0.25) is 0 Å². The van der Waals surface area contributed by atoms with E-state index in [1.165, 1.54) is 6.20 Å². The highest BCUT2D eigenvalue weighted by molar-refractivity contribution is 5.85. The number of hydrogen-bond acceptors (Lipinski definition) is 5. The molecule has 1 saturated heterocycles. The van der Waals surface area contributed by atoms with E-state index in [4.69, 9.17) is 0 Å². The number of hydrogen-bond donors (Lipinski definition) is 1. The molecule has 1 unspecified atom stereocenters. The van der Waals surface area contributed by atoms with Crippen LogP contribution in [-0.2, 0) is 18.4 Å². The number of aromatic nitrogens is 4. The summed E-state index contributed by atoms with van der Waals surface area (Å²) in [7, 11) is 1.94. The molecular formula is C19H23ClN6O2. The van der Waals surface area contributed by atoms with Gasteiger partial charge in [0, 0.05) is 50.9 Å². The number of amides is 1. The molecule has 8 nitrogen and oxygen atoms in total. The van der Waals surface area contributed by atoms with Crippen molar-refractivity contribution in [2.45, 2.75) is 19.0 Å². The van der Waals surface area contributed by atoms with E-state index in [1.54, 1.807) is 16.9 Å². The van der Waals surface area contributed by atoms with Crippen molar-refractivity contribution in [3.63, 3.8) is 0 Å². The maximum atomic E-state index is 12.9. The number of benzene rings is 1. The molecule has 1 N–H and O–H groups in total. The standard InChI is InChI=1S/C19H22N6O2.ClH/c1-23-10-8-21-19(23)16-12-20-7-11-24(16)18(27)6-9-25-15-5-3-2-4-14(15)17(26)13-22-25;/h2-5,8,10,13,16,20H,6-7,9,11-12H2,1H3;1H.